The first-order valence-electron chi connectivity index (χ1n) is 9.97. The van der Waals surface area contributed by atoms with Gasteiger partial charge in [0.25, 0.3) is 0 Å². The number of nitrogen functional groups attached to an aromatic ring is 1. The van der Waals surface area contributed by atoms with Gasteiger partial charge in [-0.15, -0.1) is 0 Å². The second kappa shape index (κ2) is 8.95. The number of anilines is 2. The van der Waals surface area contributed by atoms with Gasteiger partial charge in [-0.1, -0.05) is 23.7 Å². The molecule has 0 aliphatic carbocycles. The Morgan fingerprint density at radius 2 is 1.94 bits per heavy atom. The van der Waals surface area contributed by atoms with E-state index in [2.05, 4.69) is 0 Å². The van der Waals surface area contributed by atoms with Gasteiger partial charge in [0.15, 0.2) is 11.6 Å². The van der Waals surface area contributed by atoms with Crippen LogP contribution in [0.4, 0.5) is 15.8 Å². The summed E-state index contributed by atoms with van der Waals surface area (Å²) in [6.45, 7) is 0.289. The molecule has 4 rings (SSSR count). The molecule has 1 fully saturated rings. The van der Waals surface area contributed by atoms with Crippen molar-refractivity contribution in [2.75, 3.05) is 17.2 Å². The Morgan fingerprint density at radius 1 is 1.18 bits per heavy atom. The minimum atomic E-state index is -3.99. The number of hydrogen-bond acceptors (Lipinski definition) is 6. The van der Waals surface area contributed by atoms with E-state index < -0.39 is 15.8 Å². The Morgan fingerprint density at radius 3 is 2.62 bits per heavy atom. The zero-order chi connectivity index (χ0) is 24.6. The number of benzene rings is 3. The number of rotatable bonds is 5. The summed E-state index contributed by atoms with van der Waals surface area (Å²) in [6.07, 6.45) is 0.168. The van der Waals surface area contributed by atoms with Crippen LogP contribution in [0.15, 0.2) is 59.5 Å². The van der Waals surface area contributed by atoms with Gasteiger partial charge in [0.1, 0.15) is 16.7 Å². The second-order valence-electron chi connectivity index (χ2n) is 7.69. The molecule has 3 aromatic rings. The van der Waals surface area contributed by atoms with Crippen LogP contribution in [0, 0.1) is 17.1 Å². The number of carbonyl (C=O) groups is 1. The lowest BCUT2D eigenvalue weighted by molar-refractivity contribution is -0.117. The van der Waals surface area contributed by atoms with Crippen molar-refractivity contribution in [2.24, 2.45) is 5.14 Å². The van der Waals surface area contributed by atoms with Gasteiger partial charge in [0.2, 0.25) is 15.9 Å². The van der Waals surface area contributed by atoms with E-state index in [4.69, 9.17) is 27.2 Å². The molecule has 1 heterocycles. The zero-order valence-corrected chi connectivity index (χ0v) is 19.1. The number of nitrogens with two attached hydrogens (primary N) is 2. The number of nitrogens with zero attached hydrogens (tertiary/aromatic N) is 2. The summed E-state index contributed by atoms with van der Waals surface area (Å²) < 4.78 is 43.1. The fourth-order valence-electron chi connectivity index (χ4n) is 3.81. The second-order valence-corrected chi connectivity index (χ2v) is 9.63. The highest BCUT2D eigenvalue weighted by Crippen LogP contribution is 2.38. The number of para-hydroxylation sites is 1. The minimum absolute atomic E-state index is 0.0178. The molecule has 4 N–H and O–H groups in total. The fraction of sp³-hybridized carbons (Fsp3) is 0.130. The molecule has 1 atom stereocenters. The summed E-state index contributed by atoms with van der Waals surface area (Å²) in [7, 11) is -3.99. The van der Waals surface area contributed by atoms with E-state index in [-0.39, 0.29) is 57.5 Å². The standard InChI is InChI=1S/C23H18ClFN4O4S/c24-17-6-4-13(8-20(17)33-23-14(11-26)2-1-3-18(23)25)15-9-22(30)29(12-15)16-5-7-21(19(27)10-16)34(28,31)32/h1-8,10,15H,9,12,27H2,(H2,28,31,32). The molecule has 1 unspecified atom stereocenters. The van der Waals surface area contributed by atoms with Gasteiger partial charge in [-0.25, -0.2) is 17.9 Å². The van der Waals surface area contributed by atoms with Crippen LogP contribution in [0.2, 0.25) is 5.02 Å². The van der Waals surface area contributed by atoms with E-state index in [1.165, 1.54) is 41.3 Å². The molecule has 174 valence electrons. The molecule has 11 heteroatoms. The molecule has 0 saturated carbocycles. The van der Waals surface area contributed by atoms with Crippen molar-refractivity contribution < 1.29 is 22.3 Å². The molecular weight excluding hydrogens is 483 g/mol. The maximum Gasteiger partial charge on any atom is 0.240 e. The molecular formula is C23H18ClFN4O4S. The maximum absolute atomic E-state index is 14.3. The maximum atomic E-state index is 14.3. The van der Waals surface area contributed by atoms with Gasteiger partial charge in [-0.2, -0.15) is 5.26 Å². The summed E-state index contributed by atoms with van der Waals surface area (Å²) in [5, 5.41) is 14.6. The third-order valence-corrected chi connectivity index (χ3v) is 6.76. The highest BCUT2D eigenvalue weighted by Gasteiger charge is 2.32. The molecule has 1 amide bonds. The first-order valence-corrected chi connectivity index (χ1v) is 11.9. The van der Waals surface area contributed by atoms with E-state index in [9.17, 15) is 22.9 Å². The average Bonchev–Trinajstić information content (AvgIpc) is 3.17. The Labute approximate surface area is 200 Å². The summed E-state index contributed by atoms with van der Waals surface area (Å²) in [5.74, 6) is -1.23. The van der Waals surface area contributed by atoms with Crippen molar-refractivity contribution in [3.05, 3.63) is 76.6 Å². The first kappa shape index (κ1) is 23.5. The van der Waals surface area contributed by atoms with Crippen molar-refractivity contribution in [2.45, 2.75) is 17.2 Å². The van der Waals surface area contributed by atoms with Crippen LogP contribution in [0.5, 0.6) is 11.5 Å². The zero-order valence-electron chi connectivity index (χ0n) is 17.5. The van der Waals surface area contributed by atoms with E-state index in [0.29, 0.717) is 5.69 Å². The van der Waals surface area contributed by atoms with E-state index in [0.717, 1.165) is 5.56 Å². The number of sulfonamides is 1. The highest BCUT2D eigenvalue weighted by atomic mass is 35.5. The number of hydrogen-bond donors (Lipinski definition) is 2. The molecule has 8 nitrogen and oxygen atoms in total. The number of halogens is 2. The monoisotopic (exact) mass is 500 g/mol. The SMILES string of the molecule is N#Cc1cccc(F)c1Oc1cc(C2CC(=O)N(c3ccc(S(N)(=O)=O)c(N)c3)C2)ccc1Cl. The van der Waals surface area contributed by atoms with E-state index in [1.807, 2.05) is 6.07 Å². The van der Waals surface area contributed by atoms with Crippen molar-refractivity contribution in [3.8, 4) is 17.6 Å². The Hall–Kier alpha value is -3.65. The number of amides is 1. The normalized spacial score (nSPS) is 15.9. The molecule has 34 heavy (non-hydrogen) atoms. The van der Waals surface area contributed by atoms with Crippen LogP contribution in [0.25, 0.3) is 0 Å². The quantitative estimate of drug-likeness (QED) is 0.509. The topological polar surface area (TPSA) is 140 Å². The molecule has 3 aromatic carbocycles. The Balaban J connectivity index is 1.61. The van der Waals surface area contributed by atoms with Crippen LogP contribution < -0.4 is 20.5 Å². The number of primary sulfonamides is 1. The van der Waals surface area contributed by atoms with Gasteiger partial charge >= 0.3 is 0 Å². The molecule has 1 saturated heterocycles. The van der Waals surface area contributed by atoms with Crippen molar-refractivity contribution in [1.29, 1.82) is 5.26 Å². The Bertz CT molecular complexity index is 1460. The van der Waals surface area contributed by atoms with Crippen molar-refractivity contribution >= 4 is 38.9 Å². The fourth-order valence-corrected chi connectivity index (χ4v) is 4.61. The van der Waals surface area contributed by atoms with Crippen molar-refractivity contribution in [1.82, 2.24) is 0 Å². The minimum Gasteiger partial charge on any atom is -0.451 e. The van der Waals surface area contributed by atoms with Gasteiger partial charge in [0, 0.05) is 24.6 Å². The molecule has 1 aliphatic heterocycles. The molecule has 0 spiro atoms. The predicted molar refractivity (Wildman–Crippen MR) is 125 cm³/mol. The Kier molecular flexibility index (Phi) is 6.18. The van der Waals surface area contributed by atoms with Gasteiger partial charge < -0.3 is 15.4 Å². The first-order chi connectivity index (χ1) is 16.1. The molecule has 0 bridgehead atoms. The van der Waals surface area contributed by atoms with Crippen LogP contribution in [0.3, 0.4) is 0 Å². The van der Waals surface area contributed by atoms with Gasteiger partial charge in [0.05, 0.1) is 16.3 Å². The number of ether oxygens (including phenoxy) is 1. The van der Waals surface area contributed by atoms with Crippen LogP contribution in [0.1, 0.15) is 23.5 Å². The molecule has 1 aliphatic rings. The van der Waals surface area contributed by atoms with Gasteiger partial charge in [-0.3, -0.25) is 4.79 Å². The third kappa shape index (κ3) is 4.54. The average molecular weight is 501 g/mol. The third-order valence-electron chi connectivity index (χ3n) is 5.46. The van der Waals surface area contributed by atoms with Gasteiger partial charge in [-0.05, 0) is 48.0 Å². The lowest BCUT2D eigenvalue weighted by Gasteiger charge is -2.19. The van der Waals surface area contributed by atoms with E-state index in [1.54, 1.807) is 18.2 Å². The predicted octanol–water partition coefficient (Wildman–Crippen LogP) is 3.89. The van der Waals surface area contributed by atoms with Crippen LogP contribution in [-0.2, 0) is 14.8 Å². The van der Waals surface area contributed by atoms with E-state index >= 15 is 0 Å². The number of carbonyl (C=O) groups excluding carboxylic acids is 1. The van der Waals surface area contributed by atoms with Crippen molar-refractivity contribution in [3.63, 3.8) is 0 Å². The smallest absolute Gasteiger partial charge is 0.240 e. The van der Waals surface area contributed by atoms with Crippen LogP contribution in [-0.4, -0.2) is 20.9 Å². The molecule has 0 aromatic heterocycles. The van der Waals surface area contributed by atoms with Crippen LogP contribution >= 0.6 is 11.6 Å². The largest absolute Gasteiger partial charge is 0.451 e. The summed E-state index contributed by atoms with van der Waals surface area (Å²) >= 11 is 6.24. The number of nitriles is 1. The molecule has 0 radical (unpaired) electrons. The summed E-state index contributed by atoms with van der Waals surface area (Å²) in [5.41, 5.74) is 6.95. The lowest BCUT2D eigenvalue weighted by atomic mass is 9.98. The summed E-state index contributed by atoms with van der Waals surface area (Å²) in [6, 6.07) is 14.9. The highest BCUT2D eigenvalue weighted by molar-refractivity contribution is 7.89. The lowest BCUT2D eigenvalue weighted by Crippen LogP contribution is -2.24. The summed E-state index contributed by atoms with van der Waals surface area (Å²) in [4.78, 5) is 14.0.